The number of benzene rings is 2. The number of nitrogens with one attached hydrogen (secondary N) is 1. The van der Waals surface area contributed by atoms with Crippen molar-refractivity contribution in [3.8, 4) is 22.3 Å². The number of hydrogen-bond donors (Lipinski definition) is 1. The van der Waals surface area contributed by atoms with Gasteiger partial charge in [0.1, 0.15) is 5.82 Å². The molecule has 0 amide bonds. The van der Waals surface area contributed by atoms with Gasteiger partial charge >= 0.3 is 0 Å². The Morgan fingerprint density at radius 1 is 0.958 bits per heavy atom. The predicted octanol–water partition coefficient (Wildman–Crippen LogP) is 3.63. The molecule has 2 aromatic carbocycles. The quantitative estimate of drug-likeness (QED) is 0.760. The first-order valence-corrected chi connectivity index (χ1v) is 9.49. The van der Waals surface area contributed by atoms with E-state index in [-0.39, 0.29) is 5.75 Å². The van der Waals surface area contributed by atoms with Gasteiger partial charge in [-0.3, -0.25) is 4.72 Å². The van der Waals surface area contributed by atoms with Crippen LogP contribution in [0.2, 0.25) is 5.15 Å². The second kappa shape index (κ2) is 5.65. The van der Waals surface area contributed by atoms with Crippen LogP contribution in [0.15, 0.2) is 54.6 Å². The molecule has 0 saturated carbocycles. The van der Waals surface area contributed by atoms with Gasteiger partial charge in [-0.25, -0.2) is 13.1 Å². The molecule has 1 aliphatic heterocycles. The molecule has 0 aliphatic carbocycles. The molecule has 3 aromatic rings. The minimum absolute atomic E-state index is 0.00436. The summed E-state index contributed by atoms with van der Waals surface area (Å²) in [5, 5.41) is 4.52. The van der Waals surface area contributed by atoms with E-state index in [1.165, 1.54) is 0 Å². The zero-order chi connectivity index (χ0) is 16.7. The van der Waals surface area contributed by atoms with Gasteiger partial charge in [-0.05, 0) is 16.7 Å². The van der Waals surface area contributed by atoms with Crippen LogP contribution in [-0.2, 0) is 16.6 Å². The number of nitrogens with zero attached hydrogens (tertiary/aromatic N) is 2. The van der Waals surface area contributed by atoms with Gasteiger partial charge in [-0.2, -0.15) is 5.10 Å². The van der Waals surface area contributed by atoms with Crippen LogP contribution >= 0.6 is 11.6 Å². The van der Waals surface area contributed by atoms with E-state index < -0.39 is 10.0 Å². The molecule has 24 heavy (non-hydrogen) atoms. The van der Waals surface area contributed by atoms with Crippen molar-refractivity contribution in [3.05, 3.63) is 59.8 Å². The van der Waals surface area contributed by atoms with E-state index in [0.717, 1.165) is 16.7 Å². The number of aryl methyl sites for hydroxylation is 1. The molecular weight excluding hydrogens is 346 g/mol. The van der Waals surface area contributed by atoms with Crippen molar-refractivity contribution in [1.29, 1.82) is 0 Å². The van der Waals surface area contributed by atoms with E-state index in [1.807, 2.05) is 54.6 Å². The fraction of sp³-hybridized carbons (Fsp3) is 0.118. The molecule has 122 valence electrons. The van der Waals surface area contributed by atoms with Crippen molar-refractivity contribution in [2.45, 2.75) is 6.54 Å². The van der Waals surface area contributed by atoms with Gasteiger partial charge in [0.25, 0.3) is 0 Å². The Bertz CT molecular complexity index is 996. The van der Waals surface area contributed by atoms with Crippen LogP contribution in [0.4, 0.5) is 5.82 Å². The lowest BCUT2D eigenvalue weighted by Crippen LogP contribution is -2.28. The second-order valence-electron chi connectivity index (χ2n) is 5.60. The van der Waals surface area contributed by atoms with Crippen LogP contribution < -0.4 is 4.72 Å². The van der Waals surface area contributed by atoms with Crippen molar-refractivity contribution >= 4 is 27.4 Å². The molecule has 4 rings (SSSR count). The molecule has 0 spiro atoms. The fourth-order valence-corrected chi connectivity index (χ4v) is 4.13. The number of halogens is 1. The zero-order valence-electron chi connectivity index (χ0n) is 12.6. The van der Waals surface area contributed by atoms with Crippen LogP contribution in [-0.4, -0.2) is 24.0 Å². The summed E-state index contributed by atoms with van der Waals surface area (Å²) in [6.45, 7) is 0.298. The summed E-state index contributed by atoms with van der Waals surface area (Å²) in [5.41, 5.74) is 3.63. The normalized spacial score (nSPS) is 15.5. The molecule has 0 saturated heterocycles. The minimum Gasteiger partial charge on any atom is -0.267 e. The molecular formula is C17H14ClN3O2S. The van der Waals surface area contributed by atoms with Crippen molar-refractivity contribution in [2.75, 3.05) is 10.5 Å². The minimum atomic E-state index is -3.33. The first kappa shape index (κ1) is 15.2. The Hall–Kier alpha value is -2.31. The number of fused-ring (bicyclic) bond motifs is 1. The molecule has 0 radical (unpaired) electrons. The van der Waals surface area contributed by atoms with E-state index in [9.17, 15) is 8.42 Å². The number of rotatable bonds is 2. The lowest BCUT2D eigenvalue weighted by atomic mass is 10.0. The van der Waals surface area contributed by atoms with Gasteiger partial charge in [0, 0.05) is 0 Å². The average molecular weight is 360 g/mol. The Morgan fingerprint density at radius 3 is 2.29 bits per heavy atom. The molecule has 1 N–H and O–H groups in total. The summed E-state index contributed by atoms with van der Waals surface area (Å²) in [6.07, 6.45) is 0. The fourth-order valence-electron chi connectivity index (χ4n) is 2.82. The van der Waals surface area contributed by atoms with Crippen molar-refractivity contribution < 1.29 is 8.42 Å². The smallest absolute Gasteiger partial charge is 0.235 e. The highest BCUT2D eigenvalue weighted by Crippen LogP contribution is 2.37. The van der Waals surface area contributed by atoms with Gasteiger partial charge in [0.2, 0.25) is 10.0 Å². The SMILES string of the molecule is O=S1(=O)CCn2nc(Cl)c(-c3ccc(-c4ccccc4)cc3)c2N1. The van der Waals surface area contributed by atoms with Gasteiger partial charge in [-0.1, -0.05) is 66.2 Å². The highest BCUT2D eigenvalue weighted by molar-refractivity contribution is 7.92. The number of aromatic nitrogens is 2. The van der Waals surface area contributed by atoms with E-state index in [1.54, 1.807) is 4.68 Å². The Morgan fingerprint density at radius 2 is 1.58 bits per heavy atom. The molecule has 1 aliphatic rings. The molecule has 1 aromatic heterocycles. The Balaban J connectivity index is 1.77. The first-order valence-electron chi connectivity index (χ1n) is 7.46. The predicted molar refractivity (Wildman–Crippen MR) is 95.5 cm³/mol. The third-order valence-corrected chi connectivity index (χ3v) is 5.50. The molecule has 0 fully saturated rings. The summed E-state index contributed by atoms with van der Waals surface area (Å²) in [4.78, 5) is 0. The summed E-state index contributed by atoms with van der Waals surface area (Å²) in [7, 11) is -3.33. The number of hydrogen-bond acceptors (Lipinski definition) is 3. The highest BCUT2D eigenvalue weighted by Gasteiger charge is 2.27. The van der Waals surface area contributed by atoms with Crippen molar-refractivity contribution in [3.63, 3.8) is 0 Å². The molecule has 0 atom stereocenters. The molecule has 5 nitrogen and oxygen atoms in total. The number of anilines is 1. The van der Waals surface area contributed by atoms with Crippen molar-refractivity contribution in [1.82, 2.24) is 9.78 Å². The van der Waals surface area contributed by atoms with Gasteiger partial charge < -0.3 is 0 Å². The third-order valence-electron chi connectivity index (χ3n) is 4.01. The van der Waals surface area contributed by atoms with E-state index in [2.05, 4.69) is 9.82 Å². The lowest BCUT2D eigenvalue weighted by molar-refractivity contribution is 0.577. The van der Waals surface area contributed by atoms with E-state index in [4.69, 9.17) is 11.6 Å². The summed E-state index contributed by atoms with van der Waals surface area (Å²) in [5.74, 6) is 0.434. The lowest BCUT2D eigenvalue weighted by Gasteiger charge is -2.17. The first-order chi connectivity index (χ1) is 11.5. The monoisotopic (exact) mass is 359 g/mol. The second-order valence-corrected chi connectivity index (χ2v) is 7.80. The standard InChI is InChI=1S/C17H14ClN3O2S/c18-16-15(17-20-24(22,23)11-10-21(17)19-16)14-8-6-13(7-9-14)12-4-2-1-3-5-12/h1-9,20H,10-11H2. The van der Waals surface area contributed by atoms with Gasteiger partial charge in [-0.15, -0.1) is 0 Å². The Labute approximate surface area is 144 Å². The Kier molecular flexibility index (Phi) is 3.58. The number of sulfonamides is 1. The van der Waals surface area contributed by atoms with Crippen molar-refractivity contribution in [2.24, 2.45) is 0 Å². The van der Waals surface area contributed by atoms with Crippen LogP contribution in [0.3, 0.4) is 0 Å². The highest BCUT2D eigenvalue weighted by atomic mass is 35.5. The van der Waals surface area contributed by atoms with E-state index in [0.29, 0.717) is 23.1 Å². The molecule has 0 bridgehead atoms. The largest absolute Gasteiger partial charge is 0.267 e. The van der Waals surface area contributed by atoms with Gasteiger partial charge in [0.05, 0.1) is 17.9 Å². The van der Waals surface area contributed by atoms with E-state index >= 15 is 0 Å². The van der Waals surface area contributed by atoms with Crippen LogP contribution in [0.5, 0.6) is 0 Å². The van der Waals surface area contributed by atoms with Crippen LogP contribution in [0.1, 0.15) is 0 Å². The maximum Gasteiger partial charge on any atom is 0.235 e. The molecule has 7 heteroatoms. The summed E-state index contributed by atoms with van der Waals surface area (Å²) in [6, 6.07) is 17.9. The molecule has 0 unspecified atom stereocenters. The molecule has 2 heterocycles. The summed E-state index contributed by atoms with van der Waals surface area (Å²) >= 11 is 6.25. The van der Waals surface area contributed by atoms with Crippen LogP contribution in [0.25, 0.3) is 22.3 Å². The van der Waals surface area contributed by atoms with Crippen LogP contribution in [0, 0.1) is 0 Å². The topological polar surface area (TPSA) is 64.0 Å². The third kappa shape index (κ3) is 2.68. The maximum atomic E-state index is 11.8. The summed E-state index contributed by atoms with van der Waals surface area (Å²) < 4.78 is 27.9. The maximum absolute atomic E-state index is 11.8. The average Bonchev–Trinajstić information content (AvgIpc) is 2.90. The van der Waals surface area contributed by atoms with Gasteiger partial charge in [0.15, 0.2) is 5.15 Å². The zero-order valence-corrected chi connectivity index (χ0v) is 14.2.